The standard InChI is InChI=1S/C34H29N3O3/c1-19-13-16-25-29(20(19)2)36-32(40)34(25)33(24-10-5-6-11-26(24)35-31(33)39)28(27-12-7-17-37(27)34)30(38)23-15-14-21-8-3-4-9-22(21)18-23/h3-6,8-11,13-16,18,27-28H,7,12,17H2,1-2H3,(H,35,39)(H,36,40)/t27-,28+,33+,34+/m1/s1. The van der Waals surface area contributed by atoms with Crippen LogP contribution >= 0.6 is 0 Å². The number of benzene rings is 4. The third kappa shape index (κ3) is 2.56. The number of nitrogens with one attached hydrogen (secondary N) is 2. The van der Waals surface area contributed by atoms with Gasteiger partial charge in [-0.05, 0) is 72.8 Å². The number of Topliss-reactive ketones (excluding diaryl/α,β-unsaturated/α-hetero) is 1. The molecular weight excluding hydrogens is 498 g/mol. The van der Waals surface area contributed by atoms with Crippen LogP contribution in [0, 0.1) is 19.8 Å². The molecule has 0 aliphatic carbocycles. The summed E-state index contributed by atoms with van der Waals surface area (Å²) in [5.41, 5.74) is 2.85. The van der Waals surface area contributed by atoms with Gasteiger partial charge in [-0.25, -0.2) is 0 Å². The average Bonchev–Trinajstić information content (AvgIpc) is 3.69. The number of carbonyl (C=O) groups excluding carboxylic acids is 3. The van der Waals surface area contributed by atoms with Crippen LogP contribution in [0.15, 0.2) is 78.9 Å². The molecule has 0 saturated carbocycles. The Hall–Kier alpha value is -4.29. The molecule has 0 unspecified atom stereocenters. The molecule has 4 aliphatic heterocycles. The van der Waals surface area contributed by atoms with Crippen molar-refractivity contribution >= 4 is 39.7 Å². The van der Waals surface area contributed by atoms with E-state index in [0.717, 1.165) is 51.6 Å². The van der Waals surface area contributed by atoms with E-state index in [4.69, 9.17) is 0 Å². The highest BCUT2D eigenvalue weighted by Gasteiger charge is 2.81. The fraction of sp³-hybridized carbons (Fsp3) is 0.265. The molecule has 4 aromatic carbocycles. The van der Waals surface area contributed by atoms with Gasteiger partial charge in [0, 0.05) is 28.5 Å². The Bertz CT molecular complexity index is 1810. The topological polar surface area (TPSA) is 78.5 Å². The Morgan fingerprint density at radius 1 is 0.850 bits per heavy atom. The molecule has 0 bridgehead atoms. The van der Waals surface area contributed by atoms with Gasteiger partial charge in [-0.2, -0.15) is 0 Å². The van der Waals surface area contributed by atoms with Gasteiger partial charge < -0.3 is 10.6 Å². The maximum atomic E-state index is 14.9. The molecule has 8 rings (SSSR count). The fourth-order valence-corrected chi connectivity index (χ4v) is 8.42. The molecule has 6 heteroatoms. The average molecular weight is 528 g/mol. The molecule has 2 spiro atoms. The first-order chi connectivity index (χ1) is 19.4. The summed E-state index contributed by atoms with van der Waals surface area (Å²) in [6.45, 7) is 4.68. The third-order valence-corrected chi connectivity index (χ3v) is 10.1. The minimum Gasteiger partial charge on any atom is -0.325 e. The van der Waals surface area contributed by atoms with Crippen LogP contribution in [0.25, 0.3) is 10.8 Å². The Morgan fingerprint density at radius 2 is 1.62 bits per heavy atom. The summed E-state index contributed by atoms with van der Waals surface area (Å²) < 4.78 is 0. The molecule has 2 saturated heterocycles. The molecule has 0 aromatic heterocycles. The van der Waals surface area contributed by atoms with Gasteiger partial charge in [-0.3, -0.25) is 19.3 Å². The lowest BCUT2D eigenvalue weighted by atomic mass is 9.57. The number of fused-ring (bicyclic) bond motifs is 8. The van der Waals surface area contributed by atoms with Gasteiger partial charge in [-0.15, -0.1) is 0 Å². The summed E-state index contributed by atoms with van der Waals surface area (Å²) in [6, 6.07) is 25.1. The lowest BCUT2D eigenvalue weighted by Gasteiger charge is -2.43. The maximum absolute atomic E-state index is 14.9. The number of hydrogen-bond acceptors (Lipinski definition) is 4. The zero-order chi connectivity index (χ0) is 27.4. The number of nitrogens with zero attached hydrogens (tertiary/aromatic N) is 1. The van der Waals surface area contributed by atoms with E-state index in [-0.39, 0.29) is 23.6 Å². The van der Waals surface area contributed by atoms with E-state index in [1.807, 2.05) is 92.7 Å². The zero-order valence-corrected chi connectivity index (χ0v) is 22.5. The van der Waals surface area contributed by atoms with Gasteiger partial charge in [0.05, 0.1) is 5.92 Å². The van der Waals surface area contributed by atoms with Crippen molar-refractivity contribution in [3.05, 3.63) is 107 Å². The predicted molar refractivity (Wildman–Crippen MR) is 154 cm³/mol. The second-order valence-electron chi connectivity index (χ2n) is 11.7. The molecule has 2 fully saturated rings. The van der Waals surface area contributed by atoms with Gasteiger partial charge in [0.2, 0.25) is 5.91 Å². The molecule has 2 N–H and O–H groups in total. The first-order valence-corrected chi connectivity index (χ1v) is 14.0. The lowest BCUT2D eigenvalue weighted by molar-refractivity contribution is -0.137. The molecular formula is C34H29N3O3. The Labute approximate surface area is 232 Å². The predicted octanol–water partition coefficient (Wildman–Crippen LogP) is 5.47. The largest absolute Gasteiger partial charge is 0.325 e. The molecule has 4 aliphatic rings. The van der Waals surface area contributed by atoms with Crippen molar-refractivity contribution in [2.75, 3.05) is 17.2 Å². The molecule has 198 valence electrons. The molecule has 40 heavy (non-hydrogen) atoms. The number of ketones is 1. The molecule has 4 heterocycles. The van der Waals surface area contributed by atoms with Crippen LogP contribution in [0.2, 0.25) is 0 Å². The molecule has 2 amide bonds. The number of carbonyl (C=O) groups is 3. The Kier molecular flexibility index (Phi) is 4.65. The van der Waals surface area contributed by atoms with E-state index >= 15 is 0 Å². The van der Waals surface area contributed by atoms with Gasteiger partial charge in [0.15, 0.2) is 5.78 Å². The number of aryl methyl sites for hydroxylation is 1. The van der Waals surface area contributed by atoms with Gasteiger partial charge in [0.25, 0.3) is 5.91 Å². The van der Waals surface area contributed by atoms with Crippen molar-refractivity contribution in [1.82, 2.24) is 4.90 Å². The summed E-state index contributed by atoms with van der Waals surface area (Å²) in [6.07, 6.45) is 1.61. The number of anilines is 2. The zero-order valence-electron chi connectivity index (χ0n) is 22.5. The van der Waals surface area contributed by atoms with Crippen molar-refractivity contribution in [2.24, 2.45) is 5.92 Å². The van der Waals surface area contributed by atoms with Crippen LogP contribution in [0.5, 0.6) is 0 Å². The second-order valence-corrected chi connectivity index (χ2v) is 11.7. The highest BCUT2D eigenvalue weighted by atomic mass is 16.2. The van der Waals surface area contributed by atoms with E-state index in [0.29, 0.717) is 17.8 Å². The Balaban J connectivity index is 1.46. The van der Waals surface area contributed by atoms with E-state index in [9.17, 15) is 14.4 Å². The Morgan fingerprint density at radius 3 is 2.48 bits per heavy atom. The van der Waals surface area contributed by atoms with Crippen molar-refractivity contribution in [1.29, 1.82) is 0 Å². The number of para-hydroxylation sites is 1. The van der Waals surface area contributed by atoms with Crippen LogP contribution in [0.3, 0.4) is 0 Å². The van der Waals surface area contributed by atoms with Crippen LogP contribution < -0.4 is 10.6 Å². The van der Waals surface area contributed by atoms with Crippen molar-refractivity contribution in [3.63, 3.8) is 0 Å². The molecule has 0 radical (unpaired) electrons. The quantitative estimate of drug-likeness (QED) is 0.339. The van der Waals surface area contributed by atoms with Crippen molar-refractivity contribution in [2.45, 2.75) is 43.7 Å². The van der Waals surface area contributed by atoms with Crippen LogP contribution in [-0.2, 0) is 20.5 Å². The van der Waals surface area contributed by atoms with Gasteiger partial charge in [0.1, 0.15) is 11.0 Å². The van der Waals surface area contributed by atoms with Crippen molar-refractivity contribution < 1.29 is 14.4 Å². The van der Waals surface area contributed by atoms with E-state index in [1.54, 1.807) is 0 Å². The smallest absolute Gasteiger partial charge is 0.251 e. The fourth-order valence-electron chi connectivity index (χ4n) is 8.42. The SMILES string of the molecule is Cc1ccc2c(c1C)NC(=O)[C@@]21N2CCC[C@@H]2[C@@H](C(=O)c2ccc3ccccc3c2)[C@@]12C(=O)Nc1ccccc12. The van der Waals surface area contributed by atoms with Crippen molar-refractivity contribution in [3.8, 4) is 0 Å². The summed E-state index contributed by atoms with van der Waals surface area (Å²) in [5.74, 6) is -1.32. The van der Waals surface area contributed by atoms with E-state index in [2.05, 4.69) is 15.5 Å². The molecule has 4 atom stereocenters. The monoisotopic (exact) mass is 527 g/mol. The number of amides is 2. The highest BCUT2D eigenvalue weighted by molar-refractivity contribution is 6.21. The van der Waals surface area contributed by atoms with Crippen LogP contribution in [0.1, 0.15) is 45.5 Å². The minimum atomic E-state index is -1.42. The lowest BCUT2D eigenvalue weighted by Crippen LogP contribution is -2.62. The first-order valence-electron chi connectivity index (χ1n) is 14.0. The van der Waals surface area contributed by atoms with Gasteiger partial charge in [-0.1, -0.05) is 66.7 Å². The van der Waals surface area contributed by atoms with Crippen LogP contribution in [0.4, 0.5) is 11.4 Å². The minimum absolute atomic E-state index is 0.0866. The summed E-state index contributed by atoms with van der Waals surface area (Å²) >= 11 is 0. The third-order valence-electron chi connectivity index (χ3n) is 10.1. The summed E-state index contributed by atoms with van der Waals surface area (Å²) in [5, 5.41) is 8.35. The second kappa shape index (κ2) is 7.89. The highest BCUT2D eigenvalue weighted by Crippen LogP contribution is 2.68. The number of rotatable bonds is 2. The number of hydrogen-bond donors (Lipinski definition) is 2. The van der Waals surface area contributed by atoms with Gasteiger partial charge >= 0.3 is 0 Å². The molecule has 6 nitrogen and oxygen atoms in total. The van der Waals surface area contributed by atoms with E-state index in [1.165, 1.54) is 0 Å². The van der Waals surface area contributed by atoms with Crippen LogP contribution in [-0.4, -0.2) is 35.1 Å². The summed E-state index contributed by atoms with van der Waals surface area (Å²) in [7, 11) is 0. The van der Waals surface area contributed by atoms with E-state index < -0.39 is 16.9 Å². The summed E-state index contributed by atoms with van der Waals surface area (Å²) in [4.78, 5) is 46.4. The maximum Gasteiger partial charge on any atom is 0.251 e. The first kappa shape index (κ1) is 23.6. The normalized spacial score (nSPS) is 28.1. The molecule has 4 aromatic rings.